The van der Waals surface area contributed by atoms with Crippen LogP contribution in [0.25, 0.3) is 11.6 Å². The lowest BCUT2D eigenvalue weighted by Crippen LogP contribution is -2.03. The summed E-state index contributed by atoms with van der Waals surface area (Å²) >= 11 is 0. The van der Waals surface area contributed by atoms with E-state index in [4.69, 9.17) is 11.5 Å². The number of rotatable bonds is 4. The van der Waals surface area contributed by atoms with Crippen molar-refractivity contribution in [3.05, 3.63) is 41.3 Å². The van der Waals surface area contributed by atoms with Gasteiger partial charge in [0.15, 0.2) is 0 Å². The van der Waals surface area contributed by atoms with E-state index in [2.05, 4.69) is 21.4 Å². The van der Waals surface area contributed by atoms with E-state index in [0.29, 0.717) is 11.7 Å². The standard InChI is InChI=1S/C19H25N5/c1-12-17(20)8-14(10-23-12)16(13-5-3-4-6-13)7-15-11-24-19(21)9-18(15)22-2/h7-11,13H,3-6,20H2,1-2H3,(H3,21,22,24)/b16-7+. The largest absolute Gasteiger partial charge is 0.397 e. The van der Waals surface area contributed by atoms with E-state index in [9.17, 15) is 0 Å². The molecule has 0 saturated heterocycles. The zero-order valence-corrected chi connectivity index (χ0v) is 14.3. The van der Waals surface area contributed by atoms with Crippen LogP contribution in [-0.2, 0) is 0 Å². The Bertz CT molecular complexity index is 760. The molecule has 0 unspecified atom stereocenters. The smallest absolute Gasteiger partial charge is 0.125 e. The first-order valence-electron chi connectivity index (χ1n) is 8.46. The highest BCUT2D eigenvalue weighted by Crippen LogP contribution is 2.39. The van der Waals surface area contributed by atoms with Crippen molar-refractivity contribution in [3.63, 3.8) is 0 Å². The van der Waals surface area contributed by atoms with Gasteiger partial charge in [0.25, 0.3) is 0 Å². The number of aromatic nitrogens is 2. The fraction of sp³-hybridized carbons (Fsp3) is 0.368. The molecule has 2 aromatic heterocycles. The zero-order chi connectivity index (χ0) is 17.1. The molecule has 1 fully saturated rings. The highest BCUT2D eigenvalue weighted by Gasteiger charge is 2.21. The van der Waals surface area contributed by atoms with Crippen molar-refractivity contribution >= 4 is 28.8 Å². The molecule has 0 radical (unpaired) electrons. The minimum Gasteiger partial charge on any atom is -0.397 e. The second kappa shape index (κ2) is 6.91. The van der Waals surface area contributed by atoms with Gasteiger partial charge in [-0.1, -0.05) is 12.8 Å². The Labute approximate surface area is 143 Å². The average molecular weight is 323 g/mol. The monoisotopic (exact) mass is 323 g/mol. The van der Waals surface area contributed by atoms with Gasteiger partial charge in [-0.3, -0.25) is 4.98 Å². The number of allylic oxidation sites excluding steroid dienone is 1. The molecule has 5 nitrogen and oxygen atoms in total. The molecule has 3 rings (SSSR count). The Morgan fingerprint density at radius 2 is 1.92 bits per heavy atom. The predicted molar refractivity (Wildman–Crippen MR) is 101 cm³/mol. The minimum absolute atomic E-state index is 0.514. The molecular formula is C19H25N5. The van der Waals surface area contributed by atoms with Gasteiger partial charge in [0, 0.05) is 36.8 Å². The Morgan fingerprint density at radius 3 is 2.58 bits per heavy atom. The molecule has 0 bridgehead atoms. The molecule has 0 aliphatic heterocycles. The van der Waals surface area contributed by atoms with Gasteiger partial charge >= 0.3 is 0 Å². The Kier molecular flexibility index (Phi) is 4.69. The SMILES string of the molecule is CNc1cc(N)ncc1/C=C(/c1cnc(C)c(N)c1)C1CCCC1. The van der Waals surface area contributed by atoms with E-state index in [-0.39, 0.29) is 0 Å². The molecule has 2 aromatic rings. The number of nitrogens with one attached hydrogen (secondary N) is 1. The molecule has 5 heteroatoms. The summed E-state index contributed by atoms with van der Waals surface area (Å²) in [5.41, 5.74) is 17.9. The fourth-order valence-electron chi connectivity index (χ4n) is 3.36. The second-order valence-corrected chi connectivity index (χ2v) is 6.43. The van der Waals surface area contributed by atoms with Gasteiger partial charge in [0.1, 0.15) is 5.82 Å². The average Bonchev–Trinajstić information content (AvgIpc) is 3.10. The van der Waals surface area contributed by atoms with Gasteiger partial charge in [-0.15, -0.1) is 0 Å². The van der Waals surface area contributed by atoms with E-state index in [1.807, 2.05) is 38.5 Å². The van der Waals surface area contributed by atoms with Crippen LogP contribution in [0.2, 0.25) is 0 Å². The molecule has 2 heterocycles. The molecule has 0 amide bonds. The van der Waals surface area contributed by atoms with E-state index in [0.717, 1.165) is 28.2 Å². The molecule has 1 aliphatic carbocycles. The number of hydrogen-bond donors (Lipinski definition) is 3. The van der Waals surface area contributed by atoms with Crippen LogP contribution in [0, 0.1) is 12.8 Å². The molecule has 126 valence electrons. The highest BCUT2D eigenvalue weighted by atomic mass is 14.9. The van der Waals surface area contributed by atoms with Crippen molar-refractivity contribution < 1.29 is 0 Å². The molecule has 1 saturated carbocycles. The van der Waals surface area contributed by atoms with Crippen molar-refractivity contribution in [1.82, 2.24) is 9.97 Å². The van der Waals surface area contributed by atoms with Crippen LogP contribution in [-0.4, -0.2) is 17.0 Å². The number of pyridine rings is 2. The topological polar surface area (TPSA) is 89.8 Å². The summed E-state index contributed by atoms with van der Waals surface area (Å²) in [7, 11) is 1.90. The van der Waals surface area contributed by atoms with Crippen molar-refractivity contribution in [2.45, 2.75) is 32.6 Å². The summed E-state index contributed by atoms with van der Waals surface area (Å²) < 4.78 is 0. The number of nitrogen functional groups attached to an aromatic ring is 2. The molecular weight excluding hydrogens is 298 g/mol. The Morgan fingerprint density at radius 1 is 1.17 bits per heavy atom. The summed E-state index contributed by atoms with van der Waals surface area (Å²) in [6, 6.07) is 3.90. The fourth-order valence-corrected chi connectivity index (χ4v) is 3.36. The molecule has 1 aliphatic rings. The molecule has 5 N–H and O–H groups in total. The maximum atomic E-state index is 6.10. The molecule has 0 aromatic carbocycles. The number of aryl methyl sites for hydroxylation is 1. The summed E-state index contributed by atoms with van der Waals surface area (Å²) in [5.74, 6) is 1.05. The lowest BCUT2D eigenvalue weighted by Gasteiger charge is -2.17. The van der Waals surface area contributed by atoms with Crippen molar-refractivity contribution in [1.29, 1.82) is 0 Å². The van der Waals surface area contributed by atoms with Gasteiger partial charge in [-0.25, -0.2) is 4.98 Å². The first-order chi connectivity index (χ1) is 11.6. The lowest BCUT2D eigenvalue weighted by molar-refractivity contribution is 0.708. The van der Waals surface area contributed by atoms with Crippen molar-refractivity contribution in [2.24, 2.45) is 5.92 Å². The van der Waals surface area contributed by atoms with Crippen molar-refractivity contribution in [3.8, 4) is 0 Å². The van der Waals surface area contributed by atoms with Crippen molar-refractivity contribution in [2.75, 3.05) is 23.8 Å². The number of nitrogens with two attached hydrogens (primary N) is 2. The van der Waals surface area contributed by atoms with E-state index in [1.54, 1.807) is 0 Å². The predicted octanol–water partition coefficient (Wildman–Crippen LogP) is 3.72. The summed E-state index contributed by atoms with van der Waals surface area (Å²) in [6.07, 6.45) is 10.9. The van der Waals surface area contributed by atoms with Gasteiger partial charge in [0.05, 0.1) is 11.4 Å². The van der Waals surface area contributed by atoms with Crippen LogP contribution < -0.4 is 16.8 Å². The van der Waals surface area contributed by atoms with Gasteiger partial charge in [-0.05, 0) is 49.0 Å². The maximum absolute atomic E-state index is 6.10. The first-order valence-corrected chi connectivity index (χ1v) is 8.46. The minimum atomic E-state index is 0.514. The number of hydrogen-bond acceptors (Lipinski definition) is 5. The number of nitrogens with zero attached hydrogens (tertiary/aromatic N) is 2. The zero-order valence-electron chi connectivity index (χ0n) is 14.3. The van der Waals surface area contributed by atoms with Crippen LogP contribution in [0.4, 0.5) is 17.2 Å². The van der Waals surface area contributed by atoms with E-state index < -0.39 is 0 Å². The second-order valence-electron chi connectivity index (χ2n) is 6.43. The summed E-state index contributed by atoms with van der Waals surface area (Å²) in [6.45, 7) is 1.93. The third-order valence-electron chi connectivity index (χ3n) is 4.79. The van der Waals surface area contributed by atoms with Gasteiger partial charge in [0.2, 0.25) is 0 Å². The third-order valence-corrected chi connectivity index (χ3v) is 4.79. The van der Waals surface area contributed by atoms with Crippen LogP contribution in [0.3, 0.4) is 0 Å². The molecule has 0 atom stereocenters. The van der Waals surface area contributed by atoms with Gasteiger partial charge < -0.3 is 16.8 Å². The van der Waals surface area contributed by atoms with E-state index >= 15 is 0 Å². The third kappa shape index (κ3) is 3.35. The maximum Gasteiger partial charge on any atom is 0.125 e. The van der Waals surface area contributed by atoms with Crippen LogP contribution >= 0.6 is 0 Å². The summed E-state index contributed by atoms with van der Waals surface area (Å²) in [5, 5.41) is 3.20. The van der Waals surface area contributed by atoms with Crippen LogP contribution in [0.5, 0.6) is 0 Å². The van der Waals surface area contributed by atoms with Gasteiger partial charge in [-0.2, -0.15) is 0 Å². The highest BCUT2D eigenvalue weighted by molar-refractivity contribution is 5.87. The van der Waals surface area contributed by atoms with E-state index in [1.165, 1.54) is 31.3 Å². The van der Waals surface area contributed by atoms with Crippen LogP contribution in [0.1, 0.15) is 42.5 Å². The lowest BCUT2D eigenvalue weighted by atomic mass is 9.90. The normalized spacial score (nSPS) is 15.7. The molecule has 24 heavy (non-hydrogen) atoms. The number of anilines is 3. The molecule has 0 spiro atoms. The van der Waals surface area contributed by atoms with Crippen LogP contribution in [0.15, 0.2) is 24.5 Å². The first kappa shape index (κ1) is 16.3. The summed E-state index contributed by atoms with van der Waals surface area (Å²) in [4.78, 5) is 8.70. The quantitative estimate of drug-likeness (QED) is 0.798. The Hall–Kier alpha value is -2.56. The Balaban J connectivity index is 2.09.